The van der Waals surface area contributed by atoms with E-state index >= 15 is 0 Å². The van der Waals surface area contributed by atoms with E-state index in [0.29, 0.717) is 17.9 Å². The minimum Gasteiger partial charge on any atom is -0.478 e. The van der Waals surface area contributed by atoms with Gasteiger partial charge in [-0.2, -0.15) is 0 Å². The van der Waals surface area contributed by atoms with E-state index < -0.39 is 17.0 Å². The number of carbonyl (C=O) groups excluding carboxylic acids is 1. The van der Waals surface area contributed by atoms with Crippen LogP contribution in [0.15, 0.2) is 41.1 Å². The summed E-state index contributed by atoms with van der Waals surface area (Å²) in [5.41, 5.74) is 3.56. The third kappa shape index (κ3) is 4.52. The zero-order valence-electron chi connectivity index (χ0n) is 21.9. The van der Waals surface area contributed by atoms with E-state index in [4.69, 9.17) is 11.6 Å². The topological polar surface area (TPSA) is 69.6 Å². The molecule has 1 heterocycles. The van der Waals surface area contributed by atoms with Crippen LogP contribution in [-0.4, -0.2) is 27.5 Å². The van der Waals surface area contributed by atoms with Gasteiger partial charge in [0.15, 0.2) is 0 Å². The van der Waals surface area contributed by atoms with Crippen LogP contribution in [0.25, 0.3) is 0 Å². The van der Waals surface area contributed by atoms with Crippen molar-refractivity contribution in [3.05, 3.63) is 57.3 Å². The van der Waals surface area contributed by atoms with Crippen LogP contribution < -0.4 is 5.32 Å². The molecule has 3 aliphatic rings. The van der Waals surface area contributed by atoms with Crippen molar-refractivity contribution in [2.24, 2.45) is 11.3 Å². The van der Waals surface area contributed by atoms with Crippen LogP contribution in [0.4, 0.5) is 4.79 Å². The van der Waals surface area contributed by atoms with Crippen molar-refractivity contribution >= 4 is 23.6 Å². The fourth-order valence-electron chi connectivity index (χ4n) is 5.90. The Kier molecular flexibility index (Phi) is 6.63. The summed E-state index contributed by atoms with van der Waals surface area (Å²) in [5.74, 6) is -0.336. The van der Waals surface area contributed by atoms with E-state index in [0.717, 1.165) is 60.2 Å². The fourth-order valence-corrected chi connectivity index (χ4v) is 6.18. The minimum absolute atomic E-state index is 0.178. The second-order valence-electron chi connectivity index (χ2n) is 12.1. The number of aryl methyl sites for hydroxylation is 1. The van der Waals surface area contributed by atoms with Crippen LogP contribution in [0.1, 0.15) is 91.2 Å². The number of amides is 2. The Hall–Kier alpha value is -2.27. The molecule has 2 amide bonds. The lowest BCUT2D eigenvalue weighted by atomic mass is 9.66. The predicted molar refractivity (Wildman–Crippen MR) is 140 cm³/mol. The molecule has 5 nitrogen and oxygen atoms in total. The number of aliphatic carboxylic acids is 1. The number of urea groups is 1. The number of halogens is 1. The summed E-state index contributed by atoms with van der Waals surface area (Å²) in [7, 11) is 0. The van der Waals surface area contributed by atoms with Crippen LogP contribution in [0.5, 0.6) is 0 Å². The smallest absolute Gasteiger partial charge is 0.331 e. The van der Waals surface area contributed by atoms with Crippen molar-refractivity contribution in [3.63, 3.8) is 0 Å². The lowest BCUT2D eigenvalue weighted by Gasteiger charge is -2.54. The number of fused-ring (bicyclic) bond motifs is 1. The van der Waals surface area contributed by atoms with Gasteiger partial charge in [-0.3, -0.25) is 4.90 Å². The molecule has 2 N–H and O–H groups in total. The highest BCUT2D eigenvalue weighted by atomic mass is 35.5. The molecule has 35 heavy (non-hydrogen) atoms. The Bertz CT molecular complexity index is 1120. The highest BCUT2D eigenvalue weighted by molar-refractivity contribution is 6.31. The number of carboxylic acids is 1. The van der Waals surface area contributed by atoms with Gasteiger partial charge in [-0.15, -0.1) is 0 Å². The van der Waals surface area contributed by atoms with Crippen LogP contribution in [0.2, 0.25) is 5.02 Å². The molecule has 4 rings (SSSR count). The quantitative estimate of drug-likeness (QED) is 0.435. The molecule has 190 valence electrons. The number of hydrogen-bond acceptors (Lipinski definition) is 2. The Morgan fingerprint density at radius 3 is 2.60 bits per heavy atom. The predicted octanol–water partition coefficient (Wildman–Crippen LogP) is 7.20. The first-order valence-electron chi connectivity index (χ1n) is 12.9. The maximum atomic E-state index is 13.6. The lowest BCUT2D eigenvalue weighted by molar-refractivity contribution is -0.133. The van der Waals surface area contributed by atoms with Gasteiger partial charge < -0.3 is 10.4 Å². The largest absolute Gasteiger partial charge is 0.478 e. The third-order valence-electron chi connectivity index (χ3n) is 8.65. The summed E-state index contributed by atoms with van der Waals surface area (Å²) < 4.78 is 0. The van der Waals surface area contributed by atoms with Crippen molar-refractivity contribution in [3.8, 4) is 0 Å². The second kappa shape index (κ2) is 8.99. The third-order valence-corrected chi connectivity index (χ3v) is 9.00. The van der Waals surface area contributed by atoms with E-state index in [-0.39, 0.29) is 11.4 Å². The summed E-state index contributed by atoms with van der Waals surface area (Å²) in [6.45, 7) is 12.7. The number of hydrogen-bond donors (Lipinski definition) is 2. The molecule has 2 aliphatic carbocycles. The monoisotopic (exact) mass is 498 g/mol. The lowest BCUT2D eigenvalue weighted by Crippen LogP contribution is -2.64. The summed E-state index contributed by atoms with van der Waals surface area (Å²) >= 11 is 6.79. The first-order valence-corrected chi connectivity index (χ1v) is 13.2. The van der Waals surface area contributed by atoms with Gasteiger partial charge in [0, 0.05) is 23.2 Å². The Morgan fingerprint density at radius 2 is 2.03 bits per heavy atom. The minimum atomic E-state index is -0.899. The van der Waals surface area contributed by atoms with Gasteiger partial charge in [0.05, 0.1) is 11.1 Å². The number of benzene rings is 1. The SMILES string of the molecule is CCC1CC[C@]2(c3ccc(CCC(C)(C)C)c(Cl)c3)NC(=O)N(C3(C)CC(C(=O)O)=C3C)C=C2C1. The van der Waals surface area contributed by atoms with Gasteiger partial charge in [0.2, 0.25) is 0 Å². The van der Waals surface area contributed by atoms with E-state index in [1.165, 1.54) is 5.57 Å². The van der Waals surface area contributed by atoms with Crippen molar-refractivity contribution in [2.45, 2.75) is 97.6 Å². The van der Waals surface area contributed by atoms with Gasteiger partial charge in [-0.25, -0.2) is 9.59 Å². The number of nitrogens with zero attached hydrogens (tertiary/aromatic N) is 1. The van der Waals surface area contributed by atoms with Gasteiger partial charge in [-0.05, 0) is 85.6 Å². The molecule has 1 aliphatic heterocycles. The standard InChI is InChI=1S/C29H39ClN2O3/c1-7-19-10-13-29(21-9-8-20(24(30)15-21)11-12-27(3,4)5)22(14-19)17-32(26(35)31-29)28(6)16-23(18(28)2)25(33)34/h8-9,15,17,19H,7,10-14,16H2,1-6H3,(H,31,35)(H,33,34)/t19?,28?,29-/m1/s1. The van der Waals surface area contributed by atoms with Gasteiger partial charge >= 0.3 is 12.0 Å². The summed E-state index contributed by atoms with van der Waals surface area (Å²) in [5, 5.41) is 13.6. The number of carbonyl (C=O) groups is 2. The molecule has 0 spiro atoms. The zero-order valence-corrected chi connectivity index (χ0v) is 22.7. The Labute approximate surface area is 214 Å². The van der Waals surface area contributed by atoms with Crippen molar-refractivity contribution in [1.29, 1.82) is 0 Å². The van der Waals surface area contributed by atoms with Gasteiger partial charge in [-0.1, -0.05) is 57.8 Å². The first-order chi connectivity index (χ1) is 16.3. The van der Waals surface area contributed by atoms with E-state index in [2.05, 4.69) is 45.1 Å². The molecule has 0 bridgehead atoms. The number of rotatable bonds is 6. The molecule has 6 heteroatoms. The van der Waals surface area contributed by atoms with E-state index in [9.17, 15) is 14.7 Å². The zero-order chi connectivity index (χ0) is 25.8. The van der Waals surface area contributed by atoms with Crippen molar-refractivity contribution in [2.75, 3.05) is 0 Å². The summed E-state index contributed by atoms with van der Waals surface area (Å²) in [4.78, 5) is 26.9. The molecule has 3 atom stereocenters. The number of carboxylic acid groups (broad SMARTS) is 1. The molecular formula is C29H39ClN2O3. The number of nitrogens with one attached hydrogen (secondary N) is 1. The van der Waals surface area contributed by atoms with E-state index in [1.54, 1.807) is 4.90 Å². The molecule has 1 aromatic carbocycles. The fraction of sp³-hybridized carbons (Fsp3) is 0.586. The normalized spacial score (nSPS) is 28.8. The molecule has 1 aromatic rings. The highest BCUT2D eigenvalue weighted by Gasteiger charge is 2.52. The molecule has 0 radical (unpaired) electrons. The molecule has 0 aromatic heterocycles. The van der Waals surface area contributed by atoms with Crippen LogP contribution in [0, 0.1) is 11.3 Å². The molecule has 0 saturated heterocycles. The van der Waals surface area contributed by atoms with Crippen LogP contribution in [0.3, 0.4) is 0 Å². The average Bonchev–Trinajstić information content (AvgIpc) is 2.79. The average molecular weight is 499 g/mol. The van der Waals surface area contributed by atoms with Gasteiger partial charge in [0.25, 0.3) is 0 Å². The molecular weight excluding hydrogens is 460 g/mol. The Balaban J connectivity index is 1.72. The van der Waals surface area contributed by atoms with Gasteiger partial charge in [0.1, 0.15) is 0 Å². The van der Waals surface area contributed by atoms with Crippen LogP contribution >= 0.6 is 11.6 Å². The van der Waals surface area contributed by atoms with Crippen molar-refractivity contribution in [1.82, 2.24) is 10.2 Å². The highest BCUT2D eigenvalue weighted by Crippen LogP contribution is 2.50. The van der Waals surface area contributed by atoms with E-state index in [1.807, 2.05) is 26.1 Å². The van der Waals surface area contributed by atoms with Crippen molar-refractivity contribution < 1.29 is 14.7 Å². The first kappa shape index (κ1) is 25.8. The molecule has 1 fully saturated rings. The summed E-state index contributed by atoms with van der Waals surface area (Å²) in [6, 6.07) is 6.13. The Morgan fingerprint density at radius 1 is 1.31 bits per heavy atom. The molecule has 2 unspecified atom stereocenters. The molecule has 1 saturated carbocycles. The second-order valence-corrected chi connectivity index (χ2v) is 12.5. The van der Waals surface area contributed by atoms with Crippen LogP contribution in [-0.2, 0) is 16.8 Å². The maximum absolute atomic E-state index is 13.6. The maximum Gasteiger partial charge on any atom is 0.331 e. The summed E-state index contributed by atoms with van der Waals surface area (Å²) in [6.07, 6.45) is 8.21.